The zero-order chi connectivity index (χ0) is 44.9. The third kappa shape index (κ3) is 8.05. The van der Waals surface area contributed by atoms with Crippen molar-refractivity contribution in [3.63, 3.8) is 0 Å². The van der Waals surface area contributed by atoms with Crippen molar-refractivity contribution in [2.75, 3.05) is 4.90 Å². The second kappa shape index (κ2) is 18.7. The monoisotopic (exact) mass is 840 g/mol. The van der Waals surface area contributed by atoms with Crippen molar-refractivity contribution in [1.82, 2.24) is 4.57 Å². The summed E-state index contributed by atoms with van der Waals surface area (Å²) < 4.78 is 8.56. The number of hydrogen-bond donors (Lipinski definition) is 0. The van der Waals surface area contributed by atoms with Gasteiger partial charge in [-0.25, -0.2) is 0 Å². The third-order valence-corrected chi connectivity index (χ3v) is 12.0. The summed E-state index contributed by atoms with van der Waals surface area (Å²) in [5, 5.41) is 3.31. The summed E-state index contributed by atoms with van der Waals surface area (Å²) >= 11 is 0. The number of anilines is 3. The number of nitrogens with zero attached hydrogens (tertiary/aromatic N) is 2. The molecule has 10 aromatic rings. The van der Waals surface area contributed by atoms with Crippen LogP contribution in [-0.4, -0.2) is 4.57 Å². The molecule has 0 atom stereocenters. The van der Waals surface area contributed by atoms with Gasteiger partial charge in [-0.05, 0) is 149 Å². The zero-order valence-electron chi connectivity index (χ0n) is 37.5. The average Bonchev–Trinajstić information content (AvgIpc) is 3.92. The maximum atomic E-state index is 6.29. The van der Waals surface area contributed by atoms with E-state index in [2.05, 4.69) is 225 Å². The molecule has 3 nitrogen and oxygen atoms in total. The Hall–Kier alpha value is -8.14. The fraction of sp³-hybridized carbons (Fsp3) is 0.0645. The van der Waals surface area contributed by atoms with Gasteiger partial charge in [0.25, 0.3) is 0 Å². The second-order valence-electron chi connectivity index (χ2n) is 15.7. The van der Waals surface area contributed by atoms with Crippen LogP contribution in [0.3, 0.4) is 0 Å². The molecular weight excluding hydrogens is 789 g/mol. The number of para-hydroxylation sites is 2. The van der Waals surface area contributed by atoms with E-state index in [1.807, 2.05) is 44.2 Å². The first-order valence-electron chi connectivity index (χ1n) is 22.5. The first-order valence-corrected chi connectivity index (χ1v) is 22.5. The molecule has 8 aromatic carbocycles. The van der Waals surface area contributed by atoms with E-state index in [4.69, 9.17) is 4.42 Å². The summed E-state index contributed by atoms with van der Waals surface area (Å²) in [4.78, 5) is 2.37. The van der Waals surface area contributed by atoms with E-state index in [-0.39, 0.29) is 0 Å². The quantitative estimate of drug-likeness (QED) is 0.121. The Kier molecular flexibility index (Phi) is 12.1. The van der Waals surface area contributed by atoms with Crippen molar-refractivity contribution in [1.29, 1.82) is 0 Å². The molecule has 316 valence electrons. The average molecular weight is 841 g/mol. The molecule has 0 fully saturated rings. The Labute approximate surface area is 382 Å². The van der Waals surface area contributed by atoms with Gasteiger partial charge in [0.1, 0.15) is 11.2 Å². The van der Waals surface area contributed by atoms with Gasteiger partial charge in [-0.1, -0.05) is 154 Å². The molecule has 0 amide bonds. The van der Waals surface area contributed by atoms with Gasteiger partial charge in [0, 0.05) is 44.5 Å². The molecule has 0 bridgehead atoms. The van der Waals surface area contributed by atoms with Crippen molar-refractivity contribution in [2.45, 2.75) is 27.7 Å². The Bertz CT molecular complexity index is 3360. The van der Waals surface area contributed by atoms with Gasteiger partial charge in [-0.3, -0.25) is 0 Å². The topological polar surface area (TPSA) is 21.3 Å². The van der Waals surface area contributed by atoms with Crippen molar-refractivity contribution >= 4 is 67.6 Å². The smallest absolute Gasteiger partial charge is 0.135 e. The number of fused-ring (bicyclic) bond motifs is 4. The normalized spacial score (nSPS) is 11.5. The summed E-state index contributed by atoms with van der Waals surface area (Å²) in [5.74, 6) is 0. The number of benzene rings is 8. The number of rotatable bonds is 11. The molecular formula is C62H52N2O. The van der Waals surface area contributed by atoms with E-state index in [1.54, 1.807) is 0 Å². The highest BCUT2D eigenvalue weighted by Gasteiger charge is 2.20. The summed E-state index contributed by atoms with van der Waals surface area (Å²) in [5.41, 5.74) is 18.3. The SMILES string of the molecule is C=Cc1c(C=C)n(-c2ccccc2)c2ccc(-c3cc(-c4ccc5oc6ccccc6c5c4)cc(N(c4ccc(C(/C=C\C)=C/C)cc4)c4ccc(-c5ccccc5)cc4)c3)cc12.CC. The summed E-state index contributed by atoms with van der Waals surface area (Å²) in [6.07, 6.45) is 10.3. The molecule has 0 saturated carbocycles. The molecule has 0 aliphatic heterocycles. The van der Waals surface area contributed by atoms with Crippen LogP contribution in [0.25, 0.3) is 89.6 Å². The molecule has 0 aliphatic rings. The van der Waals surface area contributed by atoms with E-state index >= 15 is 0 Å². The van der Waals surface area contributed by atoms with Crippen LogP contribution in [0.2, 0.25) is 0 Å². The van der Waals surface area contributed by atoms with Gasteiger partial charge in [0.2, 0.25) is 0 Å². The lowest BCUT2D eigenvalue weighted by Crippen LogP contribution is -2.10. The minimum Gasteiger partial charge on any atom is -0.456 e. The van der Waals surface area contributed by atoms with E-state index in [0.29, 0.717) is 0 Å². The van der Waals surface area contributed by atoms with Crippen LogP contribution in [-0.2, 0) is 0 Å². The van der Waals surface area contributed by atoms with E-state index in [1.165, 1.54) is 22.3 Å². The highest BCUT2D eigenvalue weighted by Crippen LogP contribution is 2.43. The maximum absolute atomic E-state index is 6.29. The molecule has 0 spiro atoms. The molecule has 0 radical (unpaired) electrons. The van der Waals surface area contributed by atoms with Gasteiger partial charge in [-0.2, -0.15) is 0 Å². The predicted molar refractivity (Wildman–Crippen MR) is 282 cm³/mol. The predicted octanol–water partition coefficient (Wildman–Crippen LogP) is 18.3. The number of hydrogen-bond acceptors (Lipinski definition) is 2. The Morgan fingerprint density at radius 2 is 1.06 bits per heavy atom. The number of furan rings is 1. The second-order valence-corrected chi connectivity index (χ2v) is 15.7. The first kappa shape index (κ1) is 42.2. The Balaban J connectivity index is 0.00000263. The molecule has 0 saturated heterocycles. The minimum absolute atomic E-state index is 0.873. The third-order valence-electron chi connectivity index (χ3n) is 12.0. The molecule has 3 heteroatoms. The van der Waals surface area contributed by atoms with Crippen LogP contribution in [0.4, 0.5) is 17.1 Å². The van der Waals surface area contributed by atoms with E-state index in [0.717, 1.165) is 89.1 Å². The van der Waals surface area contributed by atoms with Crippen LogP contribution >= 0.6 is 0 Å². The van der Waals surface area contributed by atoms with Crippen molar-refractivity contribution in [2.24, 2.45) is 0 Å². The van der Waals surface area contributed by atoms with Gasteiger partial charge in [-0.15, -0.1) is 0 Å². The van der Waals surface area contributed by atoms with E-state index < -0.39 is 0 Å². The van der Waals surface area contributed by atoms with Gasteiger partial charge in [0.05, 0.1) is 11.2 Å². The first-order chi connectivity index (χ1) is 32.0. The van der Waals surface area contributed by atoms with Crippen LogP contribution in [0.1, 0.15) is 44.5 Å². The molecule has 2 aromatic heterocycles. The number of allylic oxidation sites excluding steroid dienone is 4. The van der Waals surface area contributed by atoms with Crippen LogP contribution < -0.4 is 4.90 Å². The molecule has 0 aliphatic carbocycles. The Morgan fingerprint density at radius 3 is 1.71 bits per heavy atom. The fourth-order valence-electron chi connectivity index (χ4n) is 8.99. The lowest BCUT2D eigenvalue weighted by molar-refractivity contribution is 0.669. The largest absolute Gasteiger partial charge is 0.456 e. The van der Waals surface area contributed by atoms with Crippen LogP contribution in [0.5, 0.6) is 0 Å². The van der Waals surface area contributed by atoms with Crippen LogP contribution in [0.15, 0.2) is 224 Å². The summed E-state index contributed by atoms with van der Waals surface area (Å²) in [6.45, 7) is 16.7. The summed E-state index contributed by atoms with van der Waals surface area (Å²) in [6, 6.07) is 67.4. The molecule has 0 N–H and O–H groups in total. The van der Waals surface area contributed by atoms with Gasteiger partial charge >= 0.3 is 0 Å². The fourth-order valence-corrected chi connectivity index (χ4v) is 8.99. The lowest BCUT2D eigenvalue weighted by atomic mass is 9.95. The van der Waals surface area contributed by atoms with Crippen molar-refractivity contribution in [3.05, 3.63) is 236 Å². The summed E-state index contributed by atoms with van der Waals surface area (Å²) in [7, 11) is 0. The van der Waals surface area contributed by atoms with Crippen molar-refractivity contribution < 1.29 is 4.42 Å². The zero-order valence-corrected chi connectivity index (χ0v) is 37.5. The lowest BCUT2D eigenvalue weighted by Gasteiger charge is -2.27. The highest BCUT2D eigenvalue weighted by molar-refractivity contribution is 6.06. The highest BCUT2D eigenvalue weighted by atomic mass is 16.3. The van der Waals surface area contributed by atoms with Gasteiger partial charge in [0.15, 0.2) is 0 Å². The van der Waals surface area contributed by atoms with Gasteiger partial charge < -0.3 is 13.9 Å². The minimum atomic E-state index is 0.873. The molecule has 0 unspecified atom stereocenters. The molecule has 2 heterocycles. The molecule has 65 heavy (non-hydrogen) atoms. The molecule has 10 rings (SSSR count). The van der Waals surface area contributed by atoms with Crippen molar-refractivity contribution in [3.8, 4) is 39.1 Å². The standard InChI is InChI=1S/C60H46N2O.C2H6/c1-5-17-41(6-2)43-24-30-50(31-25-43)61(51-32-26-44(27-33-51)42-18-11-9-12-19-42)52-37-47(36-48(38-52)46-29-35-60-56(40-46)54-22-15-16-23-59(54)63-60)45-28-34-58-55(39-45)53(7-3)57(8-4)62(58)49-20-13-10-14-21-49;1-2/h5-40H,3-4H2,1-2H3;1-2H3/b17-5-,41-6+;. The van der Waals surface area contributed by atoms with Crippen LogP contribution in [0, 0.1) is 0 Å². The number of aromatic nitrogens is 1. The van der Waals surface area contributed by atoms with E-state index in [9.17, 15) is 0 Å². The maximum Gasteiger partial charge on any atom is 0.135 e. The Morgan fingerprint density at radius 1 is 0.492 bits per heavy atom.